The fraction of sp³-hybridized carbons (Fsp3) is 0.522. The van der Waals surface area contributed by atoms with E-state index in [0.717, 1.165) is 0 Å². The van der Waals surface area contributed by atoms with Crippen LogP contribution in [0.4, 0.5) is 0 Å². The van der Waals surface area contributed by atoms with Crippen molar-refractivity contribution >= 4 is 29.5 Å². The number of benzene rings is 1. The number of carbonyl (C=O) groups excluding carboxylic acids is 5. The molecule has 10 nitrogen and oxygen atoms in total. The van der Waals surface area contributed by atoms with E-state index in [1.54, 1.807) is 0 Å². The molecule has 3 heterocycles. The topological polar surface area (TPSA) is 133 Å². The Morgan fingerprint density at radius 3 is 2.58 bits per heavy atom. The normalized spacial score (nSPS) is 25.3. The molecule has 0 aromatic heterocycles. The Hall–Kier alpha value is -3.43. The molecule has 1 aromatic rings. The maximum Gasteiger partial charge on any atom is 0.308 e. The largest absolute Gasteiger partial charge is 0.508 e. The molecule has 3 amide bonds. The number of hydrazine groups is 1. The van der Waals surface area contributed by atoms with Crippen molar-refractivity contribution in [3.8, 4) is 5.75 Å². The third kappa shape index (κ3) is 4.99. The fourth-order valence-electron chi connectivity index (χ4n) is 4.60. The highest BCUT2D eigenvalue weighted by atomic mass is 16.5. The third-order valence-electron chi connectivity index (χ3n) is 6.39. The average Bonchev–Trinajstić information content (AvgIpc) is 3.17. The van der Waals surface area contributed by atoms with Crippen LogP contribution in [-0.2, 0) is 23.9 Å². The lowest BCUT2D eigenvalue weighted by atomic mass is 9.93. The molecule has 176 valence electrons. The predicted molar refractivity (Wildman–Crippen MR) is 113 cm³/mol. The van der Waals surface area contributed by atoms with E-state index in [1.807, 2.05) is 0 Å². The number of carbonyl (C=O) groups is 5. The van der Waals surface area contributed by atoms with Crippen LogP contribution >= 0.6 is 0 Å². The number of aromatic hydroxyl groups is 1. The highest BCUT2D eigenvalue weighted by molar-refractivity contribution is 5.97. The van der Waals surface area contributed by atoms with E-state index < -0.39 is 23.9 Å². The minimum atomic E-state index is -0.848. The van der Waals surface area contributed by atoms with E-state index in [2.05, 4.69) is 5.32 Å². The number of nitrogens with one attached hydrogen (secondary N) is 1. The van der Waals surface area contributed by atoms with Gasteiger partial charge in [0.1, 0.15) is 18.4 Å². The van der Waals surface area contributed by atoms with Gasteiger partial charge in [-0.05, 0) is 49.9 Å². The number of ether oxygens (including phenoxy) is 1. The molecule has 0 bridgehead atoms. The molecule has 2 N–H and O–H groups in total. The van der Waals surface area contributed by atoms with E-state index in [0.29, 0.717) is 31.4 Å². The minimum Gasteiger partial charge on any atom is -0.508 e. The second-order valence-electron chi connectivity index (χ2n) is 8.69. The summed E-state index contributed by atoms with van der Waals surface area (Å²) >= 11 is 0. The third-order valence-corrected chi connectivity index (χ3v) is 6.39. The number of phenols is 1. The molecule has 33 heavy (non-hydrogen) atoms. The molecule has 10 heteroatoms. The van der Waals surface area contributed by atoms with Crippen molar-refractivity contribution < 1.29 is 33.8 Å². The lowest BCUT2D eigenvalue weighted by molar-refractivity contribution is -0.177. The summed E-state index contributed by atoms with van der Waals surface area (Å²) in [6.45, 7) is 0.453. The molecule has 4 rings (SSSR count). The molecular weight excluding hydrogens is 430 g/mol. The van der Waals surface area contributed by atoms with Crippen molar-refractivity contribution in [2.75, 3.05) is 13.2 Å². The van der Waals surface area contributed by atoms with E-state index >= 15 is 0 Å². The molecule has 3 saturated heterocycles. The number of cyclic esters (lactones) is 1. The van der Waals surface area contributed by atoms with Gasteiger partial charge >= 0.3 is 5.97 Å². The molecule has 3 aliphatic rings. The van der Waals surface area contributed by atoms with Gasteiger partial charge in [-0.25, -0.2) is 5.01 Å². The van der Waals surface area contributed by atoms with Gasteiger partial charge in [-0.3, -0.25) is 29.0 Å². The van der Waals surface area contributed by atoms with Crippen molar-refractivity contribution in [1.29, 1.82) is 0 Å². The Morgan fingerprint density at radius 2 is 1.88 bits per heavy atom. The monoisotopic (exact) mass is 457 g/mol. The van der Waals surface area contributed by atoms with Gasteiger partial charge in [0.2, 0.25) is 17.7 Å². The van der Waals surface area contributed by atoms with Crippen molar-refractivity contribution in [3.63, 3.8) is 0 Å². The zero-order valence-corrected chi connectivity index (χ0v) is 18.2. The van der Waals surface area contributed by atoms with Gasteiger partial charge in [0.15, 0.2) is 5.78 Å². The number of ketones is 1. The maximum absolute atomic E-state index is 13.5. The van der Waals surface area contributed by atoms with Crippen LogP contribution in [0.5, 0.6) is 5.75 Å². The smallest absolute Gasteiger partial charge is 0.308 e. The standard InChI is InChI=1S/C23H27N3O7/c27-17-7-3-14(4-8-17)19(28)9-5-15-6-10-20(29)25-11-1-2-18(26(25)23(15)32)22(31)24-16-12-21(30)33-13-16/h3-4,7-8,15-16,18,27H,1-2,5-6,9-13H2,(H,24,31)/t15-,16-,18-/m0/s1. The summed E-state index contributed by atoms with van der Waals surface area (Å²) in [7, 11) is 0. The lowest BCUT2D eigenvalue weighted by Gasteiger charge is -2.43. The summed E-state index contributed by atoms with van der Waals surface area (Å²) in [6, 6.07) is 4.62. The van der Waals surface area contributed by atoms with Crippen LogP contribution in [-0.4, -0.2) is 69.8 Å². The first-order valence-corrected chi connectivity index (χ1v) is 11.2. The van der Waals surface area contributed by atoms with Gasteiger partial charge < -0.3 is 15.2 Å². The van der Waals surface area contributed by atoms with E-state index in [4.69, 9.17) is 4.74 Å². The lowest BCUT2D eigenvalue weighted by Crippen LogP contribution is -2.62. The predicted octanol–water partition coefficient (Wildman–Crippen LogP) is 0.931. The number of phenolic OH excluding ortho intramolecular Hbond substituents is 1. The van der Waals surface area contributed by atoms with Crippen molar-refractivity contribution in [3.05, 3.63) is 29.8 Å². The highest BCUT2D eigenvalue weighted by Gasteiger charge is 2.44. The van der Waals surface area contributed by atoms with Gasteiger partial charge in [-0.2, -0.15) is 0 Å². The average molecular weight is 457 g/mol. The first-order chi connectivity index (χ1) is 15.8. The quantitative estimate of drug-likeness (QED) is 0.480. The summed E-state index contributed by atoms with van der Waals surface area (Å²) < 4.78 is 4.89. The van der Waals surface area contributed by atoms with Crippen LogP contribution in [0.15, 0.2) is 24.3 Å². The number of fused-ring (bicyclic) bond motifs is 1. The number of hydrogen-bond acceptors (Lipinski definition) is 7. The molecule has 0 spiro atoms. The SMILES string of the molecule is O=C1C[C@H](NC(=O)[C@@H]2CCCN3C(=O)CC[C@H](CCC(=O)c4ccc(O)cc4)C(=O)N23)CO1. The van der Waals surface area contributed by atoms with Crippen molar-refractivity contribution in [2.24, 2.45) is 5.92 Å². The summed E-state index contributed by atoms with van der Waals surface area (Å²) in [5.74, 6) is -2.01. The number of nitrogens with zero attached hydrogens (tertiary/aromatic N) is 2. The molecule has 3 atom stereocenters. The first kappa shape index (κ1) is 22.8. The number of rotatable bonds is 6. The molecule has 3 aliphatic heterocycles. The van der Waals surface area contributed by atoms with E-state index in [-0.39, 0.29) is 61.6 Å². The number of Topliss-reactive ketones (excluding diaryl/α,β-unsaturated/α-hetero) is 1. The number of esters is 1. The first-order valence-electron chi connectivity index (χ1n) is 11.2. The highest BCUT2D eigenvalue weighted by Crippen LogP contribution is 2.30. The maximum atomic E-state index is 13.5. The van der Waals surface area contributed by atoms with Crippen molar-refractivity contribution in [2.45, 2.75) is 57.0 Å². The van der Waals surface area contributed by atoms with Crippen LogP contribution in [0.2, 0.25) is 0 Å². The second-order valence-corrected chi connectivity index (χ2v) is 8.69. The molecule has 0 aliphatic carbocycles. The Bertz CT molecular complexity index is 961. The molecule has 0 unspecified atom stereocenters. The van der Waals surface area contributed by atoms with Gasteiger partial charge in [0, 0.05) is 30.9 Å². The Labute approximate surface area is 190 Å². The number of hydrogen-bond donors (Lipinski definition) is 2. The molecule has 0 saturated carbocycles. The van der Waals surface area contributed by atoms with Gasteiger partial charge in [0.05, 0.1) is 12.5 Å². The number of amides is 3. The van der Waals surface area contributed by atoms with Gasteiger partial charge in [0.25, 0.3) is 0 Å². The van der Waals surface area contributed by atoms with Gasteiger partial charge in [-0.15, -0.1) is 0 Å². The van der Waals surface area contributed by atoms with Crippen LogP contribution in [0, 0.1) is 5.92 Å². The van der Waals surface area contributed by atoms with Gasteiger partial charge in [-0.1, -0.05) is 0 Å². The second kappa shape index (κ2) is 9.60. The summed E-state index contributed by atoms with van der Waals surface area (Å²) in [5.41, 5.74) is 0.440. The van der Waals surface area contributed by atoms with Crippen LogP contribution in [0.25, 0.3) is 0 Å². The zero-order chi connectivity index (χ0) is 23.5. The van der Waals surface area contributed by atoms with Crippen LogP contribution in [0.1, 0.15) is 55.3 Å². The Morgan fingerprint density at radius 1 is 1.12 bits per heavy atom. The van der Waals surface area contributed by atoms with Crippen LogP contribution < -0.4 is 5.32 Å². The van der Waals surface area contributed by atoms with E-state index in [9.17, 15) is 29.1 Å². The molecule has 3 fully saturated rings. The van der Waals surface area contributed by atoms with Crippen LogP contribution in [0.3, 0.4) is 0 Å². The summed E-state index contributed by atoms with van der Waals surface area (Å²) in [6.07, 6.45) is 1.92. The molecular formula is C23H27N3O7. The Balaban J connectivity index is 1.46. The van der Waals surface area contributed by atoms with Crippen molar-refractivity contribution in [1.82, 2.24) is 15.3 Å². The molecule has 0 radical (unpaired) electrons. The fourth-order valence-corrected chi connectivity index (χ4v) is 4.60. The minimum absolute atomic E-state index is 0.0621. The zero-order valence-electron chi connectivity index (χ0n) is 18.2. The van der Waals surface area contributed by atoms with E-state index in [1.165, 1.54) is 34.3 Å². The molecule has 1 aromatic carbocycles. The Kier molecular flexibility index (Phi) is 6.62. The summed E-state index contributed by atoms with van der Waals surface area (Å²) in [5, 5.41) is 14.8. The summed E-state index contributed by atoms with van der Waals surface area (Å²) in [4.78, 5) is 63.0.